The summed E-state index contributed by atoms with van der Waals surface area (Å²) in [4.78, 5) is 27.9. The van der Waals surface area contributed by atoms with Crippen LogP contribution in [0.4, 0.5) is 0 Å². The molecule has 6 heteroatoms. The predicted molar refractivity (Wildman–Crippen MR) is 90.0 cm³/mol. The van der Waals surface area contributed by atoms with Crippen LogP contribution in [-0.2, 0) is 17.7 Å². The first-order valence-corrected chi connectivity index (χ1v) is 8.21. The van der Waals surface area contributed by atoms with Crippen molar-refractivity contribution < 1.29 is 14.3 Å². The molecule has 0 radical (unpaired) electrons. The summed E-state index contributed by atoms with van der Waals surface area (Å²) in [6.07, 6.45) is 6.92. The third kappa shape index (κ3) is 2.79. The Balaban J connectivity index is 1.94. The molecule has 0 atom stereocenters. The number of ether oxygens (including phenoxy) is 1. The summed E-state index contributed by atoms with van der Waals surface area (Å²) >= 11 is 0. The van der Waals surface area contributed by atoms with Crippen LogP contribution in [0.1, 0.15) is 57.9 Å². The summed E-state index contributed by atoms with van der Waals surface area (Å²) < 4.78 is 6.88. The monoisotopic (exact) mass is 327 g/mol. The molecular formula is C18H21N3O3. The first-order chi connectivity index (χ1) is 11.5. The molecule has 3 rings (SSSR count). The van der Waals surface area contributed by atoms with Crippen LogP contribution < -0.4 is 0 Å². The molecule has 2 heterocycles. The SMILES string of the molecule is CCOC(=O)c1[nH]c2c(c1C)C(=O)/C(=C\c1cnn(CC)c1)CC2. The van der Waals surface area contributed by atoms with Gasteiger partial charge in [0.25, 0.3) is 0 Å². The molecule has 1 aliphatic carbocycles. The number of H-pyrrole nitrogens is 1. The van der Waals surface area contributed by atoms with Gasteiger partial charge < -0.3 is 9.72 Å². The van der Waals surface area contributed by atoms with Gasteiger partial charge in [-0.2, -0.15) is 5.10 Å². The van der Waals surface area contributed by atoms with Crippen LogP contribution >= 0.6 is 0 Å². The fourth-order valence-electron chi connectivity index (χ4n) is 3.06. The number of esters is 1. The van der Waals surface area contributed by atoms with Crippen LogP contribution in [0.25, 0.3) is 6.08 Å². The van der Waals surface area contributed by atoms with E-state index in [1.165, 1.54) is 0 Å². The standard InChI is InChI=1S/C18H21N3O3/c1-4-21-10-12(9-19-21)8-13-6-7-14-15(17(13)22)11(3)16(20-14)18(23)24-5-2/h8-10,20H,4-7H2,1-3H3/b13-8-. The molecule has 0 saturated heterocycles. The summed E-state index contributed by atoms with van der Waals surface area (Å²) in [6.45, 7) is 6.67. The molecule has 2 aromatic rings. The molecule has 24 heavy (non-hydrogen) atoms. The van der Waals surface area contributed by atoms with E-state index in [9.17, 15) is 9.59 Å². The molecule has 6 nitrogen and oxygen atoms in total. The zero-order valence-electron chi connectivity index (χ0n) is 14.2. The van der Waals surface area contributed by atoms with Crippen LogP contribution in [0.15, 0.2) is 18.0 Å². The van der Waals surface area contributed by atoms with Gasteiger partial charge in [0.05, 0.1) is 12.8 Å². The quantitative estimate of drug-likeness (QED) is 0.692. The number of carbonyl (C=O) groups is 2. The Morgan fingerprint density at radius 2 is 2.21 bits per heavy atom. The van der Waals surface area contributed by atoms with Crippen molar-refractivity contribution in [1.82, 2.24) is 14.8 Å². The van der Waals surface area contributed by atoms with E-state index in [-0.39, 0.29) is 5.78 Å². The number of hydrogen-bond donors (Lipinski definition) is 1. The molecule has 0 bridgehead atoms. The minimum atomic E-state index is -0.410. The van der Waals surface area contributed by atoms with Gasteiger partial charge >= 0.3 is 5.97 Å². The van der Waals surface area contributed by atoms with Gasteiger partial charge in [-0.3, -0.25) is 9.48 Å². The van der Waals surface area contributed by atoms with Gasteiger partial charge in [-0.05, 0) is 45.3 Å². The van der Waals surface area contributed by atoms with Crippen molar-refractivity contribution in [3.05, 3.63) is 46.0 Å². The molecular weight excluding hydrogens is 306 g/mol. The first-order valence-electron chi connectivity index (χ1n) is 8.21. The van der Waals surface area contributed by atoms with Crippen LogP contribution in [0.3, 0.4) is 0 Å². The van der Waals surface area contributed by atoms with Crippen LogP contribution in [0.2, 0.25) is 0 Å². The summed E-state index contributed by atoms with van der Waals surface area (Å²) in [5.74, 6) is -0.434. The molecule has 1 N–H and O–H groups in total. The highest BCUT2D eigenvalue weighted by Gasteiger charge is 2.29. The smallest absolute Gasteiger partial charge is 0.355 e. The lowest BCUT2D eigenvalue weighted by Crippen LogP contribution is -2.13. The van der Waals surface area contributed by atoms with Gasteiger partial charge in [-0.15, -0.1) is 0 Å². The van der Waals surface area contributed by atoms with Gasteiger partial charge in [0.1, 0.15) is 5.69 Å². The zero-order chi connectivity index (χ0) is 17.3. The second-order valence-corrected chi connectivity index (χ2v) is 5.83. The van der Waals surface area contributed by atoms with E-state index in [2.05, 4.69) is 10.1 Å². The molecule has 0 aliphatic heterocycles. The second kappa shape index (κ2) is 6.47. The van der Waals surface area contributed by atoms with E-state index in [1.54, 1.807) is 20.0 Å². The number of aromatic amines is 1. The minimum Gasteiger partial charge on any atom is -0.461 e. The highest BCUT2D eigenvalue weighted by Crippen LogP contribution is 2.30. The maximum absolute atomic E-state index is 12.8. The highest BCUT2D eigenvalue weighted by molar-refractivity contribution is 6.15. The van der Waals surface area contributed by atoms with Crippen molar-refractivity contribution in [2.45, 2.75) is 40.2 Å². The number of aromatic nitrogens is 3. The van der Waals surface area contributed by atoms with Crippen molar-refractivity contribution in [3.63, 3.8) is 0 Å². The van der Waals surface area contributed by atoms with E-state index >= 15 is 0 Å². The molecule has 0 saturated carbocycles. The van der Waals surface area contributed by atoms with Crippen LogP contribution in [-0.4, -0.2) is 33.1 Å². The Hall–Kier alpha value is -2.63. The second-order valence-electron chi connectivity index (χ2n) is 5.83. The van der Waals surface area contributed by atoms with E-state index in [0.29, 0.717) is 36.3 Å². The van der Waals surface area contributed by atoms with E-state index in [4.69, 9.17) is 4.74 Å². The Bertz CT molecular complexity index is 827. The number of carbonyl (C=O) groups excluding carboxylic acids is 2. The number of nitrogens with one attached hydrogen (secondary N) is 1. The van der Waals surface area contributed by atoms with E-state index < -0.39 is 5.97 Å². The summed E-state index contributed by atoms with van der Waals surface area (Å²) in [5.41, 5.74) is 4.15. The van der Waals surface area contributed by atoms with Gasteiger partial charge in [0.15, 0.2) is 5.78 Å². The molecule has 0 unspecified atom stereocenters. The van der Waals surface area contributed by atoms with Crippen LogP contribution in [0.5, 0.6) is 0 Å². The number of rotatable bonds is 4. The largest absolute Gasteiger partial charge is 0.461 e. The lowest BCUT2D eigenvalue weighted by atomic mass is 9.88. The van der Waals surface area contributed by atoms with Crippen LogP contribution in [0, 0.1) is 6.92 Å². The Morgan fingerprint density at radius 3 is 2.88 bits per heavy atom. The van der Waals surface area contributed by atoms with Crippen molar-refractivity contribution in [2.24, 2.45) is 0 Å². The summed E-state index contributed by atoms with van der Waals surface area (Å²) in [5, 5.41) is 4.23. The number of fused-ring (bicyclic) bond motifs is 1. The molecule has 0 aromatic carbocycles. The molecule has 1 aliphatic rings. The third-order valence-electron chi connectivity index (χ3n) is 4.29. The number of aryl methyl sites for hydroxylation is 2. The first kappa shape index (κ1) is 16.2. The van der Waals surface area contributed by atoms with E-state index in [0.717, 1.165) is 23.4 Å². The normalized spacial score (nSPS) is 15.6. The fraction of sp³-hybridized carbons (Fsp3) is 0.389. The lowest BCUT2D eigenvalue weighted by molar-refractivity contribution is 0.0519. The molecule has 0 spiro atoms. The van der Waals surface area contributed by atoms with E-state index in [1.807, 2.05) is 23.9 Å². The highest BCUT2D eigenvalue weighted by atomic mass is 16.5. The topological polar surface area (TPSA) is 77.0 Å². The fourth-order valence-corrected chi connectivity index (χ4v) is 3.06. The molecule has 2 aromatic heterocycles. The Labute approximate surface area is 140 Å². The number of allylic oxidation sites excluding steroid dienone is 1. The molecule has 126 valence electrons. The van der Waals surface area contributed by atoms with Gasteiger partial charge in [-0.25, -0.2) is 4.79 Å². The van der Waals surface area contributed by atoms with Crippen molar-refractivity contribution >= 4 is 17.8 Å². The average molecular weight is 327 g/mol. The summed E-state index contributed by atoms with van der Waals surface area (Å²) in [7, 11) is 0. The summed E-state index contributed by atoms with van der Waals surface area (Å²) in [6, 6.07) is 0. The van der Waals surface area contributed by atoms with Crippen molar-refractivity contribution in [2.75, 3.05) is 6.61 Å². The van der Waals surface area contributed by atoms with Gasteiger partial charge in [0, 0.05) is 35.1 Å². The minimum absolute atomic E-state index is 0.0233. The Morgan fingerprint density at radius 1 is 1.42 bits per heavy atom. The molecule has 0 amide bonds. The maximum atomic E-state index is 12.8. The average Bonchev–Trinajstić information content (AvgIpc) is 3.15. The number of nitrogens with zero attached hydrogens (tertiary/aromatic N) is 2. The maximum Gasteiger partial charge on any atom is 0.355 e. The third-order valence-corrected chi connectivity index (χ3v) is 4.29. The van der Waals surface area contributed by atoms with Gasteiger partial charge in [0.2, 0.25) is 0 Å². The number of ketones is 1. The lowest BCUT2D eigenvalue weighted by Gasteiger charge is -2.14. The van der Waals surface area contributed by atoms with Gasteiger partial charge in [-0.1, -0.05) is 0 Å². The Kier molecular flexibility index (Phi) is 4.38. The molecule has 0 fully saturated rings. The van der Waals surface area contributed by atoms with Crippen molar-refractivity contribution in [3.8, 4) is 0 Å². The zero-order valence-corrected chi connectivity index (χ0v) is 14.2. The number of hydrogen-bond acceptors (Lipinski definition) is 4. The predicted octanol–water partition coefficient (Wildman–Crippen LogP) is 2.93. The number of Topliss-reactive ketones (excluding diaryl/α,β-unsaturated/α-hetero) is 1. The van der Waals surface area contributed by atoms with Crippen molar-refractivity contribution in [1.29, 1.82) is 0 Å².